The van der Waals surface area contributed by atoms with Crippen molar-refractivity contribution in [1.29, 1.82) is 0 Å². The summed E-state index contributed by atoms with van der Waals surface area (Å²) < 4.78 is 7.20. The Morgan fingerprint density at radius 3 is 2.67 bits per heavy atom. The van der Waals surface area contributed by atoms with Crippen LogP contribution >= 0.6 is 11.3 Å². The van der Waals surface area contributed by atoms with Crippen LogP contribution in [0, 0.1) is 13.8 Å². The number of ether oxygens (including phenoxy) is 1. The molecule has 2 aromatic heterocycles. The molecular formula is C17H23N3O3S. The quantitative estimate of drug-likeness (QED) is 0.851. The van der Waals surface area contributed by atoms with Gasteiger partial charge in [-0.05, 0) is 33.3 Å². The molecule has 6 nitrogen and oxygen atoms in total. The van der Waals surface area contributed by atoms with Crippen molar-refractivity contribution in [3.63, 3.8) is 0 Å². The zero-order valence-electron chi connectivity index (χ0n) is 14.5. The summed E-state index contributed by atoms with van der Waals surface area (Å²) in [6.07, 6.45) is 1.96. The maximum Gasteiger partial charge on any atom is 0.262 e. The lowest BCUT2D eigenvalue weighted by Crippen LogP contribution is -2.48. The predicted molar refractivity (Wildman–Crippen MR) is 94.6 cm³/mol. The SMILES string of the molecule is Cc1sc2ncn(CCC(=O)N3C[C@@H](C)O[C@H](C)C3)c(=O)c2c1C. The van der Waals surface area contributed by atoms with E-state index in [1.165, 1.54) is 11.3 Å². The van der Waals surface area contributed by atoms with Crippen LogP contribution in [0.1, 0.15) is 30.7 Å². The maximum absolute atomic E-state index is 12.6. The molecule has 3 heterocycles. The van der Waals surface area contributed by atoms with Crippen LogP contribution in [-0.2, 0) is 16.1 Å². The number of aromatic nitrogens is 2. The van der Waals surface area contributed by atoms with Crippen molar-refractivity contribution in [3.8, 4) is 0 Å². The van der Waals surface area contributed by atoms with Gasteiger partial charge in [-0.25, -0.2) is 4.98 Å². The van der Waals surface area contributed by atoms with Gasteiger partial charge in [0.25, 0.3) is 5.56 Å². The number of amides is 1. The fourth-order valence-electron chi connectivity index (χ4n) is 3.18. The van der Waals surface area contributed by atoms with E-state index in [4.69, 9.17) is 4.74 Å². The molecule has 24 heavy (non-hydrogen) atoms. The molecule has 0 spiro atoms. The minimum Gasteiger partial charge on any atom is -0.372 e. The molecule has 2 aromatic rings. The van der Waals surface area contributed by atoms with Gasteiger partial charge in [0, 0.05) is 30.9 Å². The smallest absolute Gasteiger partial charge is 0.262 e. The topological polar surface area (TPSA) is 64.4 Å². The van der Waals surface area contributed by atoms with Crippen LogP contribution in [0.2, 0.25) is 0 Å². The molecule has 0 N–H and O–H groups in total. The molecule has 1 amide bonds. The average molecular weight is 349 g/mol. The number of carbonyl (C=O) groups excluding carboxylic acids is 1. The van der Waals surface area contributed by atoms with Gasteiger partial charge in [0.1, 0.15) is 4.83 Å². The van der Waals surface area contributed by atoms with E-state index in [1.807, 2.05) is 32.6 Å². The molecule has 0 bridgehead atoms. The van der Waals surface area contributed by atoms with Crippen molar-refractivity contribution in [2.45, 2.75) is 52.9 Å². The molecule has 1 fully saturated rings. The lowest BCUT2D eigenvalue weighted by atomic mass is 10.2. The van der Waals surface area contributed by atoms with Crippen LogP contribution in [0.5, 0.6) is 0 Å². The summed E-state index contributed by atoms with van der Waals surface area (Å²) in [5.41, 5.74) is 0.933. The minimum atomic E-state index is -0.0571. The Labute approximate surface area is 145 Å². The predicted octanol–water partition coefficient (Wildman–Crippen LogP) is 2.10. The first kappa shape index (κ1) is 17.1. The summed E-state index contributed by atoms with van der Waals surface area (Å²) in [6.45, 7) is 9.46. The van der Waals surface area contributed by atoms with Gasteiger partial charge in [0.2, 0.25) is 5.91 Å². The van der Waals surface area contributed by atoms with Crippen LogP contribution in [0.4, 0.5) is 0 Å². The van der Waals surface area contributed by atoms with Crippen molar-refractivity contribution in [1.82, 2.24) is 14.5 Å². The van der Waals surface area contributed by atoms with Gasteiger partial charge in [-0.1, -0.05) is 0 Å². The number of nitrogens with zero attached hydrogens (tertiary/aromatic N) is 3. The summed E-state index contributed by atoms with van der Waals surface area (Å²) >= 11 is 1.54. The molecule has 7 heteroatoms. The number of rotatable bonds is 3. The van der Waals surface area contributed by atoms with Gasteiger partial charge in [0.15, 0.2) is 0 Å². The number of hydrogen-bond acceptors (Lipinski definition) is 5. The molecule has 130 valence electrons. The number of fused-ring (bicyclic) bond motifs is 1. The van der Waals surface area contributed by atoms with Crippen LogP contribution in [0.25, 0.3) is 10.2 Å². The van der Waals surface area contributed by atoms with Crippen molar-refractivity contribution in [3.05, 3.63) is 27.1 Å². The Balaban J connectivity index is 1.74. The van der Waals surface area contributed by atoms with E-state index in [9.17, 15) is 9.59 Å². The third kappa shape index (κ3) is 3.23. The Bertz CT molecular complexity index is 816. The molecule has 2 atom stereocenters. The average Bonchev–Trinajstić information content (AvgIpc) is 2.81. The van der Waals surface area contributed by atoms with E-state index in [-0.39, 0.29) is 23.7 Å². The number of carbonyl (C=O) groups is 1. The summed E-state index contributed by atoms with van der Waals surface area (Å²) in [6, 6.07) is 0. The van der Waals surface area contributed by atoms with Crippen molar-refractivity contribution in [2.24, 2.45) is 0 Å². The van der Waals surface area contributed by atoms with Crippen molar-refractivity contribution >= 4 is 27.5 Å². The third-order valence-electron chi connectivity index (χ3n) is 4.49. The van der Waals surface area contributed by atoms with Crippen molar-refractivity contribution in [2.75, 3.05) is 13.1 Å². The van der Waals surface area contributed by atoms with E-state index >= 15 is 0 Å². The second-order valence-corrected chi connectivity index (χ2v) is 7.72. The second kappa shape index (κ2) is 6.64. The van der Waals surface area contributed by atoms with Gasteiger partial charge < -0.3 is 9.64 Å². The first-order valence-electron chi connectivity index (χ1n) is 8.25. The number of thiophene rings is 1. The molecule has 0 saturated carbocycles. The number of aryl methyl sites for hydroxylation is 3. The van der Waals surface area contributed by atoms with E-state index in [1.54, 1.807) is 10.9 Å². The Hall–Kier alpha value is -1.73. The zero-order valence-corrected chi connectivity index (χ0v) is 15.4. The largest absolute Gasteiger partial charge is 0.372 e. The maximum atomic E-state index is 12.6. The third-order valence-corrected chi connectivity index (χ3v) is 5.61. The normalized spacial score (nSPS) is 21.4. The van der Waals surface area contributed by atoms with E-state index < -0.39 is 0 Å². The van der Waals surface area contributed by atoms with Crippen LogP contribution in [0.15, 0.2) is 11.1 Å². The first-order valence-corrected chi connectivity index (χ1v) is 9.07. The molecule has 1 saturated heterocycles. The monoisotopic (exact) mass is 349 g/mol. The van der Waals surface area contributed by atoms with E-state index in [0.29, 0.717) is 31.4 Å². The Kier molecular flexibility index (Phi) is 4.73. The lowest BCUT2D eigenvalue weighted by molar-refractivity contribution is -0.143. The van der Waals surface area contributed by atoms with Crippen LogP contribution in [-0.4, -0.2) is 45.7 Å². The molecule has 0 unspecified atom stereocenters. The van der Waals surface area contributed by atoms with E-state index in [0.717, 1.165) is 15.3 Å². The highest BCUT2D eigenvalue weighted by Crippen LogP contribution is 2.25. The summed E-state index contributed by atoms with van der Waals surface area (Å²) in [4.78, 5) is 33.2. The van der Waals surface area contributed by atoms with Gasteiger partial charge in [0.05, 0.1) is 23.9 Å². The van der Waals surface area contributed by atoms with Gasteiger partial charge in [-0.15, -0.1) is 11.3 Å². The highest BCUT2D eigenvalue weighted by atomic mass is 32.1. The highest BCUT2D eigenvalue weighted by molar-refractivity contribution is 7.18. The molecular weight excluding hydrogens is 326 g/mol. The number of morpholine rings is 1. The highest BCUT2D eigenvalue weighted by Gasteiger charge is 2.25. The van der Waals surface area contributed by atoms with Gasteiger partial charge in [-0.3, -0.25) is 14.2 Å². The van der Waals surface area contributed by atoms with Crippen molar-refractivity contribution < 1.29 is 9.53 Å². The molecule has 3 rings (SSSR count). The Morgan fingerprint density at radius 1 is 1.33 bits per heavy atom. The lowest BCUT2D eigenvalue weighted by Gasteiger charge is -2.35. The standard InChI is InChI=1S/C17H23N3O3S/c1-10-7-20(8-11(2)23-10)14(21)5-6-19-9-18-16-15(17(19)22)12(3)13(4)24-16/h9-11H,5-8H2,1-4H3/t10-,11-/m1/s1. The van der Waals surface area contributed by atoms with Gasteiger partial charge >= 0.3 is 0 Å². The molecule has 0 aliphatic carbocycles. The van der Waals surface area contributed by atoms with Gasteiger partial charge in [-0.2, -0.15) is 0 Å². The number of hydrogen-bond donors (Lipinski definition) is 0. The van der Waals surface area contributed by atoms with Crippen LogP contribution < -0.4 is 5.56 Å². The molecule has 0 aromatic carbocycles. The molecule has 1 aliphatic heterocycles. The Morgan fingerprint density at radius 2 is 2.00 bits per heavy atom. The minimum absolute atomic E-state index is 0.0508. The fourth-order valence-corrected chi connectivity index (χ4v) is 4.17. The fraction of sp³-hybridized carbons (Fsp3) is 0.588. The summed E-state index contributed by atoms with van der Waals surface area (Å²) in [7, 11) is 0. The molecule has 0 radical (unpaired) electrons. The summed E-state index contributed by atoms with van der Waals surface area (Å²) in [5, 5.41) is 0.682. The second-order valence-electron chi connectivity index (χ2n) is 6.51. The van der Waals surface area contributed by atoms with Crippen LogP contribution in [0.3, 0.4) is 0 Å². The summed E-state index contributed by atoms with van der Waals surface area (Å²) in [5.74, 6) is 0.0576. The first-order chi connectivity index (χ1) is 11.4. The van der Waals surface area contributed by atoms with E-state index in [2.05, 4.69) is 4.98 Å². The molecule has 1 aliphatic rings. The zero-order chi connectivity index (χ0) is 17.4.